The first-order valence-corrected chi connectivity index (χ1v) is 8.46. The van der Waals surface area contributed by atoms with E-state index in [2.05, 4.69) is 51.6 Å². The van der Waals surface area contributed by atoms with Gasteiger partial charge in [0.1, 0.15) is 5.56 Å². The van der Waals surface area contributed by atoms with Crippen LogP contribution in [0.25, 0.3) is 10.9 Å². The quantitative estimate of drug-likeness (QED) is 0.620. The van der Waals surface area contributed by atoms with E-state index in [0.29, 0.717) is 11.9 Å². The molecule has 5 nitrogen and oxygen atoms in total. The van der Waals surface area contributed by atoms with Gasteiger partial charge in [-0.1, -0.05) is 13.8 Å². The minimum atomic E-state index is -0.325. The number of hydrogen-bond acceptors (Lipinski definition) is 3. The van der Waals surface area contributed by atoms with Gasteiger partial charge in [0, 0.05) is 33.8 Å². The average Bonchev–Trinajstić information content (AvgIpc) is 2.52. The summed E-state index contributed by atoms with van der Waals surface area (Å²) in [4.78, 5) is 29.9. The molecular formula is C16H22Cl2IN3O2. The number of fused-ring (bicyclic) bond motifs is 1. The third-order valence-corrected chi connectivity index (χ3v) is 4.37. The van der Waals surface area contributed by atoms with Gasteiger partial charge in [-0.3, -0.25) is 9.59 Å². The van der Waals surface area contributed by atoms with Crippen LogP contribution in [0.5, 0.6) is 0 Å². The monoisotopic (exact) mass is 483 g/mol. The summed E-state index contributed by atoms with van der Waals surface area (Å²) in [5.41, 5.74) is 0.673. The van der Waals surface area contributed by atoms with Crippen molar-refractivity contribution < 1.29 is 4.79 Å². The molecule has 24 heavy (non-hydrogen) atoms. The van der Waals surface area contributed by atoms with Crippen LogP contribution in [0.2, 0.25) is 0 Å². The third-order valence-electron chi connectivity index (χ3n) is 3.70. The van der Waals surface area contributed by atoms with Gasteiger partial charge in [0.2, 0.25) is 5.43 Å². The summed E-state index contributed by atoms with van der Waals surface area (Å²) < 4.78 is 0.967. The highest BCUT2D eigenvalue weighted by Crippen LogP contribution is 2.12. The van der Waals surface area contributed by atoms with Crippen molar-refractivity contribution in [1.29, 1.82) is 0 Å². The van der Waals surface area contributed by atoms with E-state index in [1.54, 1.807) is 6.07 Å². The fourth-order valence-corrected chi connectivity index (χ4v) is 2.81. The second kappa shape index (κ2) is 10.9. The molecule has 0 aliphatic rings. The average molecular weight is 484 g/mol. The first-order chi connectivity index (χ1) is 10.6. The Morgan fingerprint density at radius 3 is 2.54 bits per heavy atom. The molecule has 1 amide bonds. The summed E-state index contributed by atoms with van der Waals surface area (Å²) in [5.74, 6) is -0.325. The highest BCUT2D eigenvalue weighted by Gasteiger charge is 2.13. The summed E-state index contributed by atoms with van der Waals surface area (Å²) in [6.07, 6.45) is 1.49. The number of halogens is 3. The van der Waals surface area contributed by atoms with Crippen LogP contribution in [-0.2, 0) is 0 Å². The predicted octanol–water partition coefficient (Wildman–Crippen LogP) is 3.05. The van der Waals surface area contributed by atoms with Gasteiger partial charge >= 0.3 is 0 Å². The molecule has 2 N–H and O–H groups in total. The number of nitrogens with one attached hydrogen (secondary N) is 2. The molecule has 1 aromatic heterocycles. The molecule has 8 heteroatoms. The number of likely N-dealkylation sites (N-methyl/N-ethyl adjacent to an activating group) is 1. The lowest BCUT2D eigenvalue weighted by molar-refractivity contribution is 0.0947. The van der Waals surface area contributed by atoms with Gasteiger partial charge < -0.3 is 15.2 Å². The van der Waals surface area contributed by atoms with Gasteiger partial charge in [-0.15, -0.1) is 24.8 Å². The predicted molar refractivity (Wildman–Crippen MR) is 112 cm³/mol. The van der Waals surface area contributed by atoms with Crippen LogP contribution in [0.3, 0.4) is 0 Å². The normalized spacial score (nSPS) is 10.2. The van der Waals surface area contributed by atoms with Crippen molar-refractivity contribution in [2.24, 2.45) is 0 Å². The second-order valence-corrected chi connectivity index (χ2v) is 6.25. The summed E-state index contributed by atoms with van der Waals surface area (Å²) in [7, 11) is 0. The molecule has 0 saturated carbocycles. The highest BCUT2D eigenvalue weighted by atomic mass is 125. The second-order valence-electron chi connectivity index (χ2n) is 5.00. The van der Waals surface area contributed by atoms with Crippen LogP contribution < -0.4 is 10.7 Å². The zero-order chi connectivity index (χ0) is 16.1. The zero-order valence-electron chi connectivity index (χ0n) is 13.6. The van der Waals surface area contributed by atoms with Crippen molar-refractivity contribution in [2.75, 3.05) is 26.2 Å². The van der Waals surface area contributed by atoms with E-state index < -0.39 is 0 Å². The molecule has 2 rings (SSSR count). The lowest BCUT2D eigenvalue weighted by Crippen LogP contribution is -2.36. The van der Waals surface area contributed by atoms with Crippen molar-refractivity contribution in [2.45, 2.75) is 13.8 Å². The fraction of sp³-hybridized carbons (Fsp3) is 0.375. The Morgan fingerprint density at radius 2 is 1.92 bits per heavy atom. The Morgan fingerprint density at radius 1 is 1.25 bits per heavy atom. The SMILES string of the molecule is CCN(CC)CCNC(=O)c1c[nH]c2ccc([125I])cc2c1=O.Cl.Cl. The van der Waals surface area contributed by atoms with Crippen molar-refractivity contribution in [3.05, 3.63) is 43.8 Å². The van der Waals surface area contributed by atoms with Crippen LogP contribution in [0, 0.1) is 3.57 Å². The van der Waals surface area contributed by atoms with E-state index in [-0.39, 0.29) is 41.7 Å². The number of hydrogen-bond donors (Lipinski definition) is 2. The molecule has 0 spiro atoms. The molecule has 0 bridgehead atoms. The molecule has 0 aliphatic heterocycles. The van der Waals surface area contributed by atoms with E-state index in [0.717, 1.165) is 28.7 Å². The number of carbonyl (C=O) groups is 1. The van der Waals surface area contributed by atoms with E-state index >= 15 is 0 Å². The van der Waals surface area contributed by atoms with Crippen molar-refractivity contribution >= 4 is 64.2 Å². The maximum absolute atomic E-state index is 12.4. The largest absolute Gasteiger partial charge is 0.360 e. The Labute approximate surface area is 167 Å². The van der Waals surface area contributed by atoms with E-state index in [1.807, 2.05) is 12.1 Å². The molecule has 1 aromatic carbocycles. The number of aromatic amines is 1. The number of rotatable bonds is 6. The highest BCUT2D eigenvalue weighted by molar-refractivity contribution is 14.1. The number of carbonyl (C=O) groups excluding carboxylic acids is 1. The van der Waals surface area contributed by atoms with Gasteiger partial charge in [0.25, 0.3) is 5.91 Å². The van der Waals surface area contributed by atoms with Crippen LogP contribution in [0.4, 0.5) is 0 Å². The number of amides is 1. The van der Waals surface area contributed by atoms with Gasteiger partial charge in [0.15, 0.2) is 0 Å². The van der Waals surface area contributed by atoms with Crippen LogP contribution >= 0.6 is 47.4 Å². The number of pyridine rings is 1. The number of nitrogens with zero attached hydrogens (tertiary/aromatic N) is 1. The third kappa shape index (κ3) is 5.61. The Bertz CT molecular complexity index is 733. The van der Waals surface area contributed by atoms with Crippen LogP contribution in [0.15, 0.2) is 29.2 Å². The summed E-state index contributed by atoms with van der Waals surface area (Å²) in [6, 6.07) is 5.56. The van der Waals surface area contributed by atoms with Crippen LogP contribution in [0.1, 0.15) is 24.2 Å². The summed E-state index contributed by atoms with van der Waals surface area (Å²) in [5, 5.41) is 3.36. The molecule has 0 saturated heterocycles. The minimum absolute atomic E-state index is 0. The Hall–Kier alpha value is -0.830. The molecule has 0 aliphatic carbocycles. The lowest BCUT2D eigenvalue weighted by Gasteiger charge is -2.17. The maximum atomic E-state index is 12.4. The molecule has 134 valence electrons. The Balaban J connectivity index is 0.00000264. The molecule has 0 radical (unpaired) electrons. The number of H-pyrrole nitrogens is 1. The van der Waals surface area contributed by atoms with E-state index in [1.165, 1.54) is 6.20 Å². The first kappa shape index (κ1) is 23.2. The molecular weight excluding hydrogens is 462 g/mol. The maximum Gasteiger partial charge on any atom is 0.256 e. The van der Waals surface area contributed by atoms with Crippen molar-refractivity contribution in [1.82, 2.24) is 15.2 Å². The Kier molecular flexibility index (Phi) is 10.5. The smallest absolute Gasteiger partial charge is 0.256 e. The van der Waals surface area contributed by atoms with Gasteiger partial charge in [-0.2, -0.15) is 0 Å². The molecule has 2 aromatic rings. The number of benzene rings is 1. The van der Waals surface area contributed by atoms with Crippen molar-refractivity contribution in [3.8, 4) is 0 Å². The van der Waals surface area contributed by atoms with Crippen LogP contribution in [-0.4, -0.2) is 42.0 Å². The first-order valence-electron chi connectivity index (χ1n) is 7.38. The zero-order valence-corrected chi connectivity index (χ0v) is 17.4. The number of aromatic nitrogens is 1. The molecule has 0 unspecified atom stereocenters. The fourth-order valence-electron chi connectivity index (χ4n) is 2.32. The molecule has 1 heterocycles. The topological polar surface area (TPSA) is 65.2 Å². The molecule has 0 atom stereocenters. The van der Waals surface area contributed by atoms with E-state index in [9.17, 15) is 9.59 Å². The molecule has 0 fully saturated rings. The van der Waals surface area contributed by atoms with Gasteiger partial charge in [-0.25, -0.2) is 0 Å². The van der Waals surface area contributed by atoms with E-state index in [4.69, 9.17) is 0 Å². The van der Waals surface area contributed by atoms with Crippen molar-refractivity contribution in [3.63, 3.8) is 0 Å². The summed E-state index contributed by atoms with van der Waals surface area (Å²) >= 11 is 2.15. The lowest BCUT2D eigenvalue weighted by atomic mass is 10.1. The van der Waals surface area contributed by atoms with Gasteiger partial charge in [-0.05, 0) is 53.9 Å². The standard InChI is InChI=1S/C16H20IN3O2.2ClH/c1-3-20(4-2)8-7-18-16(22)13-10-19-14-6-5-11(17)9-12(14)15(13)21;;/h5-6,9-10H,3-4,7-8H2,1-2H3,(H,18,22)(H,19,21);2*1H/i17-2;;. The summed E-state index contributed by atoms with van der Waals surface area (Å²) in [6.45, 7) is 7.37. The minimum Gasteiger partial charge on any atom is -0.360 e. The van der Waals surface area contributed by atoms with Gasteiger partial charge in [0.05, 0.1) is 0 Å².